The molecule has 1 aliphatic rings. The maximum Gasteiger partial charge on any atom is 0.119 e. The summed E-state index contributed by atoms with van der Waals surface area (Å²) in [4.78, 5) is 0. The molecule has 0 fully saturated rings. The van der Waals surface area contributed by atoms with Gasteiger partial charge in [-0.3, -0.25) is 0 Å². The molecule has 2 rings (SSSR count). The first-order valence-electron chi connectivity index (χ1n) is 8.49. The normalized spacial score (nSPS) is 14.2. The second-order valence-electron chi connectivity index (χ2n) is 5.88. The van der Waals surface area contributed by atoms with Crippen molar-refractivity contribution in [3.63, 3.8) is 0 Å². The third-order valence-corrected chi connectivity index (χ3v) is 4.03. The summed E-state index contributed by atoms with van der Waals surface area (Å²) in [6.45, 7) is 5.08. The van der Waals surface area contributed by atoms with Gasteiger partial charge in [-0.05, 0) is 56.3 Å². The van der Waals surface area contributed by atoms with Crippen molar-refractivity contribution in [2.45, 2.75) is 58.4 Å². The molecule has 2 heteroatoms. The second-order valence-corrected chi connectivity index (χ2v) is 5.88. The van der Waals surface area contributed by atoms with Gasteiger partial charge >= 0.3 is 0 Å². The van der Waals surface area contributed by atoms with Crippen LogP contribution in [0.4, 0.5) is 0 Å². The van der Waals surface area contributed by atoms with Crippen LogP contribution in [-0.2, 0) is 6.54 Å². The summed E-state index contributed by atoms with van der Waals surface area (Å²) >= 11 is 0. The first-order valence-corrected chi connectivity index (χ1v) is 8.49. The molecule has 0 radical (unpaired) electrons. The number of hydrogen-bond donors (Lipinski definition) is 1. The average Bonchev–Trinajstić information content (AvgIpc) is 3.03. The lowest BCUT2D eigenvalue weighted by atomic mass is 10.1. The Kier molecular flexibility index (Phi) is 7.37. The predicted octanol–water partition coefficient (Wildman–Crippen LogP) is 4.85. The highest BCUT2D eigenvalue weighted by atomic mass is 16.5. The lowest BCUT2D eigenvalue weighted by Gasteiger charge is -2.08. The van der Waals surface area contributed by atoms with Crippen LogP contribution in [-0.4, -0.2) is 13.2 Å². The van der Waals surface area contributed by atoms with Crippen molar-refractivity contribution >= 4 is 0 Å². The monoisotopic (exact) mass is 287 g/mol. The zero-order valence-corrected chi connectivity index (χ0v) is 13.4. The molecule has 1 aliphatic carbocycles. The van der Waals surface area contributed by atoms with Gasteiger partial charge in [-0.15, -0.1) is 0 Å². The molecule has 1 aromatic rings. The number of hydrogen-bond acceptors (Lipinski definition) is 2. The maximum atomic E-state index is 5.73. The van der Waals surface area contributed by atoms with Crippen LogP contribution in [0.25, 0.3) is 0 Å². The van der Waals surface area contributed by atoms with Gasteiger partial charge in [0.1, 0.15) is 5.75 Å². The van der Waals surface area contributed by atoms with Gasteiger partial charge in [-0.25, -0.2) is 0 Å². The predicted molar refractivity (Wildman–Crippen MR) is 89.7 cm³/mol. The molecule has 0 amide bonds. The third-order valence-electron chi connectivity index (χ3n) is 4.03. The smallest absolute Gasteiger partial charge is 0.119 e. The summed E-state index contributed by atoms with van der Waals surface area (Å²) in [5.41, 5.74) is 2.97. The Balaban J connectivity index is 1.60. The van der Waals surface area contributed by atoms with E-state index in [0.717, 1.165) is 31.9 Å². The molecule has 0 bridgehead atoms. The molecule has 0 atom stereocenters. The Morgan fingerprint density at radius 2 is 2.00 bits per heavy atom. The number of rotatable bonds is 10. The van der Waals surface area contributed by atoms with E-state index in [-0.39, 0.29) is 0 Å². The summed E-state index contributed by atoms with van der Waals surface area (Å²) in [5, 5.41) is 3.53. The van der Waals surface area contributed by atoms with Gasteiger partial charge in [0.05, 0.1) is 6.61 Å². The zero-order chi connectivity index (χ0) is 14.8. The van der Waals surface area contributed by atoms with Gasteiger partial charge in [0.15, 0.2) is 0 Å². The average molecular weight is 287 g/mol. The van der Waals surface area contributed by atoms with Gasteiger partial charge in [-0.1, -0.05) is 43.5 Å². The van der Waals surface area contributed by atoms with Gasteiger partial charge in [0.2, 0.25) is 0 Å². The number of nitrogens with one attached hydrogen (secondary N) is 1. The highest BCUT2D eigenvalue weighted by Gasteiger charge is 2.03. The number of ether oxygens (including phenoxy) is 1. The van der Waals surface area contributed by atoms with Crippen LogP contribution in [0.1, 0.15) is 57.4 Å². The standard InChI is InChI=1S/C19H29NO/c1-2-3-6-15-21-19-11-9-18(10-12-19)16-20-14-13-17-7-4-5-8-17/h7,9-12,20H,2-6,8,13-16H2,1H3. The molecule has 0 saturated carbocycles. The highest BCUT2D eigenvalue weighted by Crippen LogP contribution is 2.19. The van der Waals surface area contributed by atoms with E-state index in [4.69, 9.17) is 4.74 Å². The lowest BCUT2D eigenvalue weighted by Crippen LogP contribution is -2.15. The minimum Gasteiger partial charge on any atom is -0.494 e. The molecule has 0 heterocycles. The maximum absolute atomic E-state index is 5.73. The fourth-order valence-corrected chi connectivity index (χ4v) is 2.69. The van der Waals surface area contributed by atoms with Crippen molar-refractivity contribution in [3.8, 4) is 5.75 Å². The summed E-state index contributed by atoms with van der Waals surface area (Å²) in [5.74, 6) is 0.992. The fraction of sp³-hybridized carbons (Fsp3) is 0.579. The molecule has 0 aromatic heterocycles. The number of unbranched alkanes of at least 4 members (excludes halogenated alkanes) is 2. The Bertz CT molecular complexity index is 422. The Morgan fingerprint density at radius 1 is 1.14 bits per heavy atom. The van der Waals surface area contributed by atoms with Crippen LogP contribution < -0.4 is 10.1 Å². The van der Waals surface area contributed by atoms with Crippen molar-refractivity contribution in [1.29, 1.82) is 0 Å². The molecule has 0 saturated heterocycles. The fourth-order valence-electron chi connectivity index (χ4n) is 2.69. The molecule has 21 heavy (non-hydrogen) atoms. The molecule has 0 spiro atoms. The minimum atomic E-state index is 0.834. The van der Waals surface area contributed by atoms with Crippen LogP contribution in [0.3, 0.4) is 0 Å². The topological polar surface area (TPSA) is 21.3 Å². The molecular weight excluding hydrogens is 258 g/mol. The number of benzene rings is 1. The van der Waals surface area contributed by atoms with Gasteiger partial charge < -0.3 is 10.1 Å². The molecule has 116 valence electrons. The lowest BCUT2D eigenvalue weighted by molar-refractivity contribution is 0.306. The summed E-state index contributed by atoms with van der Waals surface area (Å²) in [6.07, 6.45) is 11.2. The van der Waals surface area contributed by atoms with Crippen molar-refractivity contribution in [3.05, 3.63) is 41.5 Å². The Morgan fingerprint density at radius 3 is 2.71 bits per heavy atom. The van der Waals surface area contributed by atoms with E-state index in [1.807, 2.05) is 0 Å². The van der Waals surface area contributed by atoms with E-state index in [9.17, 15) is 0 Å². The van der Waals surface area contributed by atoms with Crippen LogP contribution >= 0.6 is 0 Å². The molecule has 0 aliphatic heterocycles. The first-order chi connectivity index (χ1) is 10.4. The van der Waals surface area contributed by atoms with Gasteiger partial charge in [0, 0.05) is 6.54 Å². The molecule has 1 N–H and O–H groups in total. The van der Waals surface area contributed by atoms with Crippen LogP contribution in [0.2, 0.25) is 0 Å². The van der Waals surface area contributed by atoms with Crippen molar-refractivity contribution in [1.82, 2.24) is 5.32 Å². The van der Waals surface area contributed by atoms with Crippen LogP contribution in [0.15, 0.2) is 35.9 Å². The van der Waals surface area contributed by atoms with Crippen LogP contribution in [0.5, 0.6) is 5.75 Å². The second kappa shape index (κ2) is 9.62. The van der Waals surface area contributed by atoms with E-state index < -0.39 is 0 Å². The van der Waals surface area contributed by atoms with Crippen molar-refractivity contribution in [2.24, 2.45) is 0 Å². The van der Waals surface area contributed by atoms with E-state index in [0.29, 0.717) is 0 Å². The number of allylic oxidation sites excluding steroid dienone is 1. The van der Waals surface area contributed by atoms with Gasteiger partial charge in [0.25, 0.3) is 0 Å². The Labute approximate surface area is 129 Å². The quantitative estimate of drug-likeness (QED) is 0.491. The third kappa shape index (κ3) is 6.34. The zero-order valence-electron chi connectivity index (χ0n) is 13.4. The minimum absolute atomic E-state index is 0.834. The highest BCUT2D eigenvalue weighted by molar-refractivity contribution is 5.27. The van der Waals surface area contributed by atoms with E-state index in [2.05, 4.69) is 42.6 Å². The largest absolute Gasteiger partial charge is 0.494 e. The van der Waals surface area contributed by atoms with E-state index >= 15 is 0 Å². The van der Waals surface area contributed by atoms with Crippen molar-refractivity contribution in [2.75, 3.05) is 13.2 Å². The first kappa shape index (κ1) is 16.1. The summed E-state index contributed by atoms with van der Waals surface area (Å²) < 4.78 is 5.73. The molecule has 0 unspecified atom stereocenters. The summed E-state index contributed by atoms with van der Waals surface area (Å²) in [6, 6.07) is 8.50. The Hall–Kier alpha value is -1.28. The van der Waals surface area contributed by atoms with Crippen molar-refractivity contribution < 1.29 is 4.74 Å². The van der Waals surface area contributed by atoms with Crippen LogP contribution in [0, 0.1) is 0 Å². The molecule has 1 aromatic carbocycles. The van der Waals surface area contributed by atoms with Gasteiger partial charge in [-0.2, -0.15) is 0 Å². The van der Waals surface area contributed by atoms with E-state index in [1.165, 1.54) is 44.1 Å². The molecular formula is C19H29NO. The summed E-state index contributed by atoms with van der Waals surface area (Å²) in [7, 11) is 0. The molecule has 2 nitrogen and oxygen atoms in total. The SMILES string of the molecule is CCCCCOc1ccc(CNCCC2=CCCC2)cc1. The van der Waals surface area contributed by atoms with E-state index in [1.54, 1.807) is 5.57 Å².